The predicted octanol–water partition coefficient (Wildman–Crippen LogP) is 4.44. The molecule has 0 aliphatic heterocycles. The van der Waals surface area contributed by atoms with Crippen molar-refractivity contribution in [3.05, 3.63) is 51.8 Å². The Hall–Kier alpha value is -2.27. The van der Waals surface area contributed by atoms with E-state index in [1.165, 1.54) is 0 Å². The van der Waals surface area contributed by atoms with Crippen LogP contribution in [0.15, 0.2) is 24.3 Å². The molecule has 0 unspecified atom stereocenters. The van der Waals surface area contributed by atoms with Gasteiger partial charge < -0.3 is 14.6 Å². The van der Waals surface area contributed by atoms with E-state index >= 15 is 0 Å². The maximum atomic E-state index is 12.3. The molecule has 1 N–H and O–H groups in total. The normalized spacial score (nSPS) is 10.8. The third-order valence-electron chi connectivity index (χ3n) is 3.95. The zero-order valence-electron chi connectivity index (χ0n) is 15.1. The van der Waals surface area contributed by atoms with E-state index in [0.717, 1.165) is 17.0 Å². The van der Waals surface area contributed by atoms with Gasteiger partial charge >= 0.3 is 5.97 Å². The van der Waals surface area contributed by atoms with Crippen molar-refractivity contribution in [2.45, 2.75) is 40.7 Å². The van der Waals surface area contributed by atoms with Crippen molar-refractivity contribution >= 4 is 29.2 Å². The highest BCUT2D eigenvalue weighted by molar-refractivity contribution is 6.33. The van der Waals surface area contributed by atoms with E-state index in [1.54, 1.807) is 18.2 Å². The summed E-state index contributed by atoms with van der Waals surface area (Å²) in [6.45, 7) is 9.45. The number of amides is 1. The lowest BCUT2D eigenvalue weighted by Crippen LogP contribution is -2.21. The fourth-order valence-electron chi connectivity index (χ4n) is 2.90. The number of halogens is 1. The van der Waals surface area contributed by atoms with E-state index in [9.17, 15) is 9.59 Å². The maximum absolute atomic E-state index is 12.3. The maximum Gasteiger partial charge on any atom is 0.340 e. The van der Waals surface area contributed by atoms with Gasteiger partial charge in [-0.15, -0.1) is 0 Å². The summed E-state index contributed by atoms with van der Waals surface area (Å²) in [4.78, 5) is 24.3. The Labute approximate surface area is 152 Å². The topological polar surface area (TPSA) is 60.3 Å². The molecular formula is C19H23ClN2O3. The second-order valence-electron chi connectivity index (χ2n) is 6.36. The summed E-state index contributed by atoms with van der Waals surface area (Å²) in [7, 11) is 0. The summed E-state index contributed by atoms with van der Waals surface area (Å²) in [6.07, 6.45) is 0. The molecule has 2 rings (SSSR count). The molecule has 0 aliphatic carbocycles. The van der Waals surface area contributed by atoms with Crippen molar-refractivity contribution in [1.29, 1.82) is 0 Å². The van der Waals surface area contributed by atoms with Gasteiger partial charge in [-0.3, -0.25) is 4.79 Å². The van der Waals surface area contributed by atoms with Crippen LogP contribution in [0.25, 0.3) is 0 Å². The highest BCUT2D eigenvalue weighted by atomic mass is 35.5. The molecule has 0 saturated heterocycles. The van der Waals surface area contributed by atoms with Crippen molar-refractivity contribution < 1.29 is 14.3 Å². The smallest absolute Gasteiger partial charge is 0.340 e. The van der Waals surface area contributed by atoms with E-state index in [-0.39, 0.29) is 12.6 Å². The Bertz CT molecular complexity index is 809. The van der Waals surface area contributed by atoms with Gasteiger partial charge in [-0.05, 0) is 58.4 Å². The first-order valence-electron chi connectivity index (χ1n) is 8.12. The van der Waals surface area contributed by atoms with Gasteiger partial charge in [0, 0.05) is 17.4 Å². The lowest BCUT2D eigenvalue weighted by atomic mass is 10.2. The van der Waals surface area contributed by atoms with Crippen LogP contribution >= 0.6 is 11.6 Å². The lowest BCUT2D eigenvalue weighted by Gasteiger charge is -2.13. The van der Waals surface area contributed by atoms with Gasteiger partial charge in [0.1, 0.15) is 0 Å². The van der Waals surface area contributed by atoms with E-state index in [4.69, 9.17) is 16.3 Å². The van der Waals surface area contributed by atoms with Crippen LogP contribution in [-0.2, 0) is 9.53 Å². The molecule has 0 atom stereocenters. The van der Waals surface area contributed by atoms with E-state index in [0.29, 0.717) is 16.3 Å². The van der Waals surface area contributed by atoms with Crippen LogP contribution in [0.3, 0.4) is 0 Å². The molecule has 0 aliphatic rings. The van der Waals surface area contributed by atoms with Crippen LogP contribution in [0, 0.1) is 20.8 Å². The number of nitrogens with one attached hydrogen (secondary N) is 1. The summed E-state index contributed by atoms with van der Waals surface area (Å²) in [6, 6.07) is 7.34. The molecule has 0 bridgehead atoms. The van der Waals surface area contributed by atoms with Crippen LogP contribution in [0.1, 0.15) is 47.2 Å². The van der Waals surface area contributed by atoms with Gasteiger partial charge in [-0.2, -0.15) is 0 Å². The van der Waals surface area contributed by atoms with Gasteiger partial charge in [0.2, 0.25) is 0 Å². The Morgan fingerprint density at radius 3 is 2.44 bits per heavy atom. The highest BCUT2D eigenvalue weighted by Gasteiger charge is 2.19. The zero-order chi connectivity index (χ0) is 18.7. The quantitative estimate of drug-likeness (QED) is 0.799. The van der Waals surface area contributed by atoms with Crippen LogP contribution < -0.4 is 5.32 Å². The molecule has 5 nitrogen and oxygen atoms in total. The number of hydrogen-bond donors (Lipinski definition) is 1. The van der Waals surface area contributed by atoms with Gasteiger partial charge in [0.25, 0.3) is 5.91 Å². The van der Waals surface area contributed by atoms with E-state index < -0.39 is 11.9 Å². The molecule has 0 saturated carbocycles. The molecule has 1 amide bonds. The van der Waals surface area contributed by atoms with Crippen LogP contribution in [0.2, 0.25) is 5.02 Å². The zero-order valence-corrected chi connectivity index (χ0v) is 15.9. The first-order valence-corrected chi connectivity index (χ1v) is 8.50. The van der Waals surface area contributed by atoms with E-state index in [2.05, 4.69) is 9.88 Å². The average Bonchev–Trinajstić information content (AvgIpc) is 2.82. The fourth-order valence-corrected chi connectivity index (χ4v) is 3.18. The SMILES string of the molecule is Cc1ccc(NC(=O)COC(=O)c2cc(C)n(C(C)C)c2C)c(Cl)c1. The molecule has 6 heteroatoms. The molecule has 25 heavy (non-hydrogen) atoms. The second-order valence-corrected chi connectivity index (χ2v) is 6.76. The number of benzene rings is 1. The Balaban J connectivity index is 2.00. The number of esters is 1. The highest BCUT2D eigenvalue weighted by Crippen LogP contribution is 2.23. The standard InChI is InChI=1S/C19H23ClN2O3/c1-11(2)22-13(4)9-15(14(22)5)19(24)25-10-18(23)21-17-7-6-12(3)8-16(17)20/h6-9,11H,10H2,1-5H3,(H,21,23). The monoisotopic (exact) mass is 362 g/mol. The minimum absolute atomic E-state index is 0.244. The molecule has 0 fully saturated rings. The first kappa shape index (κ1) is 19.1. The third-order valence-corrected chi connectivity index (χ3v) is 4.27. The summed E-state index contributed by atoms with van der Waals surface area (Å²) in [5, 5.41) is 3.08. The van der Waals surface area contributed by atoms with Gasteiger partial charge in [-0.1, -0.05) is 17.7 Å². The molecule has 0 spiro atoms. The molecule has 2 aromatic rings. The summed E-state index contributed by atoms with van der Waals surface area (Å²) in [5.41, 5.74) is 3.78. The molecule has 0 radical (unpaired) electrons. The molecule has 134 valence electrons. The van der Waals surface area contributed by atoms with Crippen molar-refractivity contribution in [3.8, 4) is 0 Å². The summed E-state index contributed by atoms with van der Waals surface area (Å²) >= 11 is 6.08. The number of hydrogen-bond acceptors (Lipinski definition) is 3. The van der Waals surface area contributed by atoms with Crippen LogP contribution in [0.4, 0.5) is 5.69 Å². The number of carbonyl (C=O) groups is 2. The van der Waals surface area contributed by atoms with Crippen molar-refractivity contribution in [2.24, 2.45) is 0 Å². The summed E-state index contributed by atoms with van der Waals surface area (Å²) < 4.78 is 7.21. The van der Waals surface area contributed by atoms with Gasteiger partial charge in [0.15, 0.2) is 6.61 Å². The fraction of sp³-hybridized carbons (Fsp3) is 0.368. The Morgan fingerprint density at radius 2 is 1.88 bits per heavy atom. The molecular weight excluding hydrogens is 340 g/mol. The van der Waals surface area contributed by atoms with E-state index in [1.807, 2.05) is 40.7 Å². The molecule has 1 aromatic heterocycles. The molecule has 1 aromatic carbocycles. The largest absolute Gasteiger partial charge is 0.452 e. The van der Waals surface area contributed by atoms with Crippen molar-refractivity contribution in [3.63, 3.8) is 0 Å². The number of nitrogens with zero attached hydrogens (tertiary/aromatic N) is 1. The minimum Gasteiger partial charge on any atom is -0.452 e. The van der Waals surface area contributed by atoms with Crippen molar-refractivity contribution in [1.82, 2.24) is 4.57 Å². The number of carbonyl (C=O) groups excluding carboxylic acids is 2. The number of rotatable bonds is 5. The summed E-state index contributed by atoms with van der Waals surface area (Å²) in [5.74, 6) is -0.943. The Morgan fingerprint density at radius 1 is 1.20 bits per heavy atom. The minimum atomic E-state index is -0.509. The van der Waals surface area contributed by atoms with Gasteiger partial charge in [0.05, 0.1) is 16.3 Å². The van der Waals surface area contributed by atoms with Crippen molar-refractivity contribution in [2.75, 3.05) is 11.9 Å². The average molecular weight is 363 g/mol. The van der Waals surface area contributed by atoms with Gasteiger partial charge in [-0.25, -0.2) is 4.79 Å². The second kappa shape index (κ2) is 7.74. The van der Waals surface area contributed by atoms with Crippen LogP contribution in [-0.4, -0.2) is 23.1 Å². The number of aromatic nitrogens is 1. The Kier molecular flexibility index (Phi) is 5.90. The van der Waals surface area contributed by atoms with Crippen LogP contribution in [0.5, 0.6) is 0 Å². The number of aryl methyl sites for hydroxylation is 2. The predicted molar refractivity (Wildman–Crippen MR) is 99.4 cm³/mol. The number of ether oxygens (including phenoxy) is 1. The first-order chi connectivity index (χ1) is 11.7. The lowest BCUT2D eigenvalue weighted by molar-refractivity contribution is -0.119. The molecule has 1 heterocycles. The number of anilines is 1. The third kappa shape index (κ3) is 4.42.